The van der Waals surface area contributed by atoms with Gasteiger partial charge in [-0.05, 0) is 50.1 Å². The fourth-order valence-corrected chi connectivity index (χ4v) is 4.52. The number of para-hydroxylation sites is 1. The summed E-state index contributed by atoms with van der Waals surface area (Å²) in [6.07, 6.45) is 1.56. The first-order valence-electron chi connectivity index (χ1n) is 9.75. The lowest BCUT2D eigenvalue weighted by molar-refractivity contribution is 0.206. The van der Waals surface area contributed by atoms with Gasteiger partial charge in [0.15, 0.2) is 0 Å². The third-order valence-corrected chi connectivity index (χ3v) is 6.17. The van der Waals surface area contributed by atoms with Crippen LogP contribution in [0, 0.1) is 6.92 Å². The summed E-state index contributed by atoms with van der Waals surface area (Å²) >= 11 is 12.1. The van der Waals surface area contributed by atoms with Gasteiger partial charge in [0, 0.05) is 24.3 Å². The summed E-state index contributed by atoms with van der Waals surface area (Å²) in [5, 5.41) is 3.72. The molecule has 1 N–H and O–H groups in total. The Labute approximate surface area is 184 Å². The molecule has 0 aliphatic carbocycles. The van der Waals surface area contributed by atoms with Crippen LogP contribution in [-0.2, 0) is 7.05 Å². The van der Waals surface area contributed by atoms with E-state index in [-0.39, 0.29) is 17.6 Å². The summed E-state index contributed by atoms with van der Waals surface area (Å²) in [7, 11) is 1.86. The summed E-state index contributed by atoms with van der Waals surface area (Å²) in [5.41, 5.74) is 2.68. The Balaban J connectivity index is 1.67. The van der Waals surface area contributed by atoms with Crippen LogP contribution in [0.1, 0.15) is 30.1 Å². The quantitative estimate of drug-likeness (QED) is 0.606. The van der Waals surface area contributed by atoms with Crippen LogP contribution in [0.2, 0.25) is 10.0 Å². The molecule has 3 aromatic rings. The molecule has 1 aromatic heterocycles. The summed E-state index contributed by atoms with van der Waals surface area (Å²) in [6.45, 7) is 2.49. The first-order valence-corrected chi connectivity index (χ1v) is 10.5. The van der Waals surface area contributed by atoms with Gasteiger partial charge in [0.25, 0.3) is 5.56 Å². The molecule has 2 aromatic carbocycles. The van der Waals surface area contributed by atoms with Crippen molar-refractivity contribution in [3.63, 3.8) is 0 Å². The number of rotatable bonds is 3. The predicted octanol–water partition coefficient (Wildman–Crippen LogP) is 5.16. The number of benzene rings is 2. The highest BCUT2D eigenvalue weighted by molar-refractivity contribution is 6.36. The van der Waals surface area contributed by atoms with E-state index in [1.165, 1.54) is 0 Å². The molecule has 0 bridgehead atoms. The van der Waals surface area contributed by atoms with Crippen LogP contribution in [0.4, 0.5) is 10.5 Å². The number of carbonyl (C=O) groups is 1. The summed E-state index contributed by atoms with van der Waals surface area (Å²) < 4.78 is 3.49. The molecule has 1 fully saturated rings. The molecule has 4 rings (SSSR count). The number of nitrogens with zero attached hydrogens (tertiary/aromatic N) is 3. The van der Waals surface area contributed by atoms with E-state index in [4.69, 9.17) is 23.2 Å². The van der Waals surface area contributed by atoms with Crippen molar-refractivity contribution in [2.24, 2.45) is 7.05 Å². The molecule has 0 radical (unpaired) electrons. The van der Waals surface area contributed by atoms with Gasteiger partial charge in [-0.15, -0.1) is 0 Å². The average molecular weight is 445 g/mol. The van der Waals surface area contributed by atoms with Gasteiger partial charge in [-0.25, -0.2) is 9.48 Å². The topological polar surface area (TPSA) is 59.3 Å². The number of urea groups is 1. The maximum absolute atomic E-state index is 13.4. The normalized spacial score (nSPS) is 16.1. The number of hydrogen-bond acceptors (Lipinski definition) is 2. The molecule has 6 nitrogen and oxygen atoms in total. The Morgan fingerprint density at radius 2 is 1.87 bits per heavy atom. The Morgan fingerprint density at radius 1 is 1.13 bits per heavy atom. The van der Waals surface area contributed by atoms with E-state index >= 15 is 0 Å². The number of carbonyl (C=O) groups excluding carboxylic acids is 1. The second-order valence-electron chi connectivity index (χ2n) is 7.38. The Bertz CT molecular complexity index is 1150. The van der Waals surface area contributed by atoms with E-state index in [1.807, 2.05) is 49.0 Å². The zero-order valence-electron chi connectivity index (χ0n) is 16.7. The fourth-order valence-electron chi connectivity index (χ4n) is 4.06. The maximum Gasteiger partial charge on any atom is 0.322 e. The van der Waals surface area contributed by atoms with Gasteiger partial charge in [-0.2, -0.15) is 0 Å². The first-order chi connectivity index (χ1) is 14.4. The molecule has 1 aliphatic heterocycles. The lowest BCUT2D eigenvalue weighted by Crippen LogP contribution is -2.36. The van der Waals surface area contributed by atoms with Gasteiger partial charge in [0.2, 0.25) is 0 Å². The van der Waals surface area contributed by atoms with Crippen LogP contribution < -0.4 is 10.9 Å². The highest BCUT2D eigenvalue weighted by Gasteiger charge is 2.35. The first kappa shape index (κ1) is 20.6. The SMILES string of the molecule is Cc1c(C2CCCN2C(=O)Nc2ccc(Cl)cc2Cl)c(=O)n(-c2ccccc2)n1C. The number of nitrogens with one attached hydrogen (secondary N) is 1. The van der Waals surface area contributed by atoms with Crippen molar-refractivity contribution in [2.45, 2.75) is 25.8 Å². The van der Waals surface area contributed by atoms with Gasteiger partial charge in [0.05, 0.1) is 28.0 Å². The van der Waals surface area contributed by atoms with Crippen molar-refractivity contribution in [3.8, 4) is 5.69 Å². The number of halogens is 2. The third kappa shape index (κ3) is 3.61. The second-order valence-corrected chi connectivity index (χ2v) is 8.22. The summed E-state index contributed by atoms with van der Waals surface area (Å²) in [5.74, 6) is 0. The minimum atomic E-state index is -0.292. The van der Waals surface area contributed by atoms with E-state index in [0.29, 0.717) is 27.8 Å². The number of likely N-dealkylation sites (tertiary alicyclic amines) is 1. The lowest BCUT2D eigenvalue weighted by atomic mass is 10.1. The molecule has 2 heterocycles. The molecule has 30 heavy (non-hydrogen) atoms. The Morgan fingerprint density at radius 3 is 2.57 bits per heavy atom. The number of anilines is 1. The average Bonchev–Trinajstić information content (AvgIpc) is 3.28. The van der Waals surface area contributed by atoms with E-state index in [9.17, 15) is 9.59 Å². The van der Waals surface area contributed by atoms with Crippen molar-refractivity contribution in [1.29, 1.82) is 0 Å². The standard InChI is InChI=1S/C22H22Cl2N4O2/c1-14-20(21(29)28(26(14)2)16-7-4-3-5-8-16)19-9-6-12-27(19)22(30)25-18-11-10-15(23)13-17(18)24/h3-5,7-8,10-11,13,19H,6,9,12H2,1-2H3,(H,25,30). The van der Waals surface area contributed by atoms with Gasteiger partial charge >= 0.3 is 6.03 Å². The van der Waals surface area contributed by atoms with E-state index in [1.54, 1.807) is 27.8 Å². The largest absolute Gasteiger partial charge is 0.322 e. The van der Waals surface area contributed by atoms with Crippen LogP contribution in [0.25, 0.3) is 5.69 Å². The van der Waals surface area contributed by atoms with Crippen molar-refractivity contribution in [1.82, 2.24) is 14.3 Å². The van der Waals surface area contributed by atoms with E-state index in [0.717, 1.165) is 24.2 Å². The van der Waals surface area contributed by atoms with Crippen molar-refractivity contribution in [2.75, 3.05) is 11.9 Å². The fraction of sp³-hybridized carbons (Fsp3) is 0.273. The summed E-state index contributed by atoms with van der Waals surface area (Å²) in [6, 6.07) is 13.8. The lowest BCUT2D eigenvalue weighted by Gasteiger charge is -2.24. The Kier molecular flexibility index (Phi) is 5.62. The predicted molar refractivity (Wildman–Crippen MR) is 120 cm³/mol. The highest BCUT2D eigenvalue weighted by Crippen LogP contribution is 2.34. The van der Waals surface area contributed by atoms with Crippen molar-refractivity contribution >= 4 is 34.9 Å². The number of hydrogen-bond donors (Lipinski definition) is 1. The Hall–Kier alpha value is -2.70. The second kappa shape index (κ2) is 8.20. The van der Waals surface area contributed by atoms with Gasteiger partial charge < -0.3 is 10.2 Å². The molecule has 1 atom stereocenters. The van der Waals surface area contributed by atoms with Crippen molar-refractivity contribution in [3.05, 3.63) is 80.2 Å². The van der Waals surface area contributed by atoms with Gasteiger partial charge in [0.1, 0.15) is 0 Å². The molecule has 1 unspecified atom stereocenters. The molecule has 1 aliphatic rings. The van der Waals surface area contributed by atoms with Gasteiger partial charge in [-0.1, -0.05) is 41.4 Å². The maximum atomic E-state index is 13.4. The molecular weight excluding hydrogens is 423 g/mol. The monoisotopic (exact) mass is 444 g/mol. The van der Waals surface area contributed by atoms with Gasteiger partial charge in [-0.3, -0.25) is 9.48 Å². The molecule has 0 spiro atoms. The molecule has 156 valence electrons. The van der Waals surface area contributed by atoms with Crippen molar-refractivity contribution < 1.29 is 4.79 Å². The van der Waals surface area contributed by atoms with Crippen LogP contribution in [0.15, 0.2) is 53.3 Å². The molecule has 1 saturated heterocycles. The molecular formula is C22H22Cl2N4O2. The molecule has 0 saturated carbocycles. The van der Waals surface area contributed by atoms with Crippen LogP contribution in [-0.4, -0.2) is 26.8 Å². The molecule has 8 heteroatoms. The van der Waals surface area contributed by atoms with Crippen LogP contribution in [0.5, 0.6) is 0 Å². The van der Waals surface area contributed by atoms with Crippen LogP contribution >= 0.6 is 23.2 Å². The zero-order chi connectivity index (χ0) is 21.4. The summed E-state index contributed by atoms with van der Waals surface area (Å²) in [4.78, 5) is 28.1. The minimum absolute atomic E-state index is 0.101. The number of aromatic nitrogens is 2. The zero-order valence-corrected chi connectivity index (χ0v) is 18.2. The highest BCUT2D eigenvalue weighted by atomic mass is 35.5. The minimum Gasteiger partial charge on any atom is -0.317 e. The smallest absolute Gasteiger partial charge is 0.317 e. The van der Waals surface area contributed by atoms with Crippen LogP contribution in [0.3, 0.4) is 0 Å². The molecule has 2 amide bonds. The number of amides is 2. The third-order valence-electron chi connectivity index (χ3n) is 5.62. The van der Waals surface area contributed by atoms with E-state index in [2.05, 4.69) is 5.32 Å². The van der Waals surface area contributed by atoms with E-state index < -0.39 is 0 Å².